The van der Waals surface area contributed by atoms with Crippen LogP contribution in [-0.4, -0.2) is 51.8 Å². The Hall–Kier alpha value is -2.75. The van der Waals surface area contributed by atoms with E-state index in [1.54, 1.807) is 31.3 Å². The zero-order valence-corrected chi connectivity index (χ0v) is 11.3. The second-order valence-electron chi connectivity index (χ2n) is 4.02. The largest absolute Gasteiger partial charge is 0.354 e. The molecule has 20 heavy (non-hydrogen) atoms. The molecule has 2 rings (SSSR count). The predicted octanol–water partition coefficient (Wildman–Crippen LogP) is -1.23. The van der Waals surface area contributed by atoms with Gasteiger partial charge < -0.3 is 10.2 Å². The summed E-state index contributed by atoms with van der Waals surface area (Å²) in [6.07, 6.45) is 1.58. The molecule has 2 aromatic rings. The Balaban J connectivity index is 2.43. The van der Waals surface area contributed by atoms with Gasteiger partial charge in [-0.15, -0.1) is 0 Å². The third-order valence-corrected chi connectivity index (χ3v) is 2.39. The summed E-state index contributed by atoms with van der Waals surface area (Å²) < 4.78 is 1.38. The van der Waals surface area contributed by atoms with Gasteiger partial charge in [-0.05, 0) is 6.07 Å². The number of amides is 1. The van der Waals surface area contributed by atoms with E-state index < -0.39 is 0 Å². The lowest BCUT2D eigenvalue weighted by Crippen LogP contribution is -2.20. The van der Waals surface area contributed by atoms with Gasteiger partial charge in [-0.3, -0.25) is 10.2 Å². The molecule has 2 aromatic heterocycles. The van der Waals surface area contributed by atoms with Crippen molar-refractivity contribution < 1.29 is 4.79 Å². The first-order valence-corrected chi connectivity index (χ1v) is 5.73. The number of hydrogen-bond donors (Lipinski definition) is 3. The van der Waals surface area contributed by atoms with Gasteiger partial charge in [-0.25, -0.2) is 10.5 Å². The molecule has 2 heterocycles. The van der Waals surface area contributed by atoms with Crippen molar-refractivity contribution in [1.29, 1.82) is 0 Å². The summed E-state index contributed by atoms with van der Waals surface area (Å²) in [5.74, 6) is 5.91. The van der Waals surface area contributed by atoms with Crippen LogP contribution in [0.1, 0.15) is 10.5 Å². The number of nitrogens with one attached hydrogen (secondary N) is 2. The van der Waals surface area contributed by atoms with Crippen LogP contribution in [-0.2, 0) is 0 Å². The molecule has 0 aromatic carbocycles. The molecule has 0 fully saturated rings. The van der Waals surface area contributed by atoms with Gasteiger partial charge >= 0.3 is 0 Å². The highest BCUT2D eigenvalue weighted by Crippen LogP contribution is 2.10. The molecular weight excluding hydrogens is 262 g/mol. The molecule has 0 aliphatic heterocycles. The molecule has 0 saturated carbocycles. The first-order chi connectivity index (χ1) is 9.55. The minimum absolute atomic E-state index is 0.204. The van der Waals surface area contributed by atoms with Crippen LogP contribution < -0.4 is 21.5 Å². The van der Waals surface area contributed by atoms with Gasteiger partial charge in [0.15, 0.2) is 5.69 Å². The van der Waals surface area contributed by atoms with E-state index in [0.29, 0.717) is 5.95 Å². The maximum Gasteiger partial charge on any atom is 0.271 e. The van der Waals surface area contributed by atoms with E-state index in [1.807, 2.05) is 0 Å². The number of hydrazine groups is 1. The number of hydrogen-bond acceptors (Lipinski definition) is 8. The SMILES string of the molecule is CNC(=O)c1ccn(-c2nc(NN)nc(N(C)C)n2)n1. The summed E-state index contributed by atoms with van der Waals surface area (Å²) >= 11 is 0. The van der Waals surface area contributed by atoms with E-state index in [1.165, 1.54) is 11.7 Å². The third kappa shape index (κ3) is 2.64. The number of anilines is 2. The fraction of sp³-hybridized carbons (Fsp3) is 0.300. The van der Waals surface area contributed by atoms with Gasteiger partial charge in [0.25, 0.3) is 11.9 Å². The van der Waals surface area contributed by atoms with E-state index in [4.69, 9.17) is 5.84 Å². The van der Waals surface area contributed by atoms with Crippen LogP contribution >= 0.6 is 0 Å². The number of rotatable bonds is 4. The highest BCUT2D eigenvalue weighted by molar-refractivity contribution is 5.91. The standard InChI is InChI=1S/C10H15N9O/c1-12-7(20)6-4-5-19(17-6)10-14-8(16-11)13-9(15-10)18(2)3/h4-5H,11H2,1-3H3,(H,12,20)(H,13,14,15,16). The van der Waals surface area contributed by atoms with Crippen molar-refractivity contribution in [2.24, 2.45) is 5.84 Å². The van der Waals surface area contributed by atoms with Gasteiger partial charge in [-0.2, -0.15) is 20.1 Å². The summed E-state index contributed by atoms with van der Waals surface area (Å²) in [6, 6.07) is 1.56. The number of nitrogens with zero attached hydrogens (tertiary/aromatic N) is 6. The monoisotopic (exact) mass is 277 g/mol. The lowest BCUT2D eigenvalue weighted by atomic mass is 10.4. The highest BCUT2D eigenvalue weighted by Gasteiger charge is 2.12. The minimum Gasteiger partial charge on any atom is -0.354 e. The van der Waals surface area contributed by atoms with Crippen molar-refractivity contribution in [3.05, 3.63) is 18.0 Å². The zero-order valence-electron chi connectivity index (χ0n) is 11.3. The Kier molecular flexibility index (Phi) is 3.75. The van der Waals surface area contributed by atoms with Crippen molar-refractivity contribution in [3.63, 3.8) is 0 Å². The summed E-state index contributed by atoms with van der Waals surface area (Å²) in [6.45, 7) is 0. The van der Waals surface area contributed by atoms with E-state index in [9.17, 15) is 4.79 Å². The molecule has 1 amide bonds. The van der Waals surface area contributed by atoms with E-state index in [-0.39, 0.29) is 23.5 Å². The van der Waals surface area contributed by atoms with Crippen molar-refractivity contribution in [2.45, 2.75) is 0 Å². The second kappa shape index (κ2) is 5.48. The first-order valence-electron chi connectivity index (χ1n) is 5.73. The predicted molar refractivity (Wildman–Crippen MR) is 72.5 cm³/mol. The summed E-state index contributed by atoms with van der Waals surface area (Å²) in [5.41, 5.74) is 2.63. The number of carbonyl (C=O) groups excluding carboxylic acids is 1. The van der Waals surface area contributed by atoms with Crippen LogP contribution in [0.4, 0.5) is 11.9 Å². The lowest BCUT2D eigenvalue weighted by Gasteiger charge is -2.12. The molecule has 0 saturated heterocycles. The van der Waals surface area contributed by atoms with Gasteiger partial charge in [0.2, 0.25) is 11.9 Å². The zero-order chi connectivity index (χ0) is 14.7. The fourth-order valence-electron chi connectivity index (χ4n) is 1.41. The average Bonchev–Trinajstić information content (AvgIpc) is 2.95. The average molecular weight is 277 g/mol. The smallest absolute Gasteiger partial charge is 0.271 e. The Labute approximate surface area is 115 Å². The van der Waals surface area contributed by atoms with Crippen LogP contribution in [0.25, 0.3) is 5.95 Å². The van der Waals surface area contributed by atoms with Crippen molar-refractivity contribution in [3.8, 4) is 5.95 Å². The van der Waals surface area contributed by atoms with Gasteiger partial charge in [0.1, 0.15) is 0 Å². The first kappa shape index (κ1) is 13.7. The summed E-state index contributed by atoms with van der Waals surface area (Å²) in [4.78, 5) is 25.6. The maximum absolute atomic E-state index is 11.5. The van der Waals surface area contributed by atoms with E-state index >= 15 is 0 Å². The molecule has 0 aliphatic carbocycles. The van der Waals surface area contributed by atoms with Crippen LogP contribution in [0.2, 0.25) is 0 Å². The van der Waals surface area contributed by atoms with Crippen LogP contribution in [0, 0.1) is 0 Å². The van der Waals surface area contributed by atoms with Crippen LogP contribution in [0.3, 0.4) is 0 Å². The molecule has 0 bridgehead atoms. The quantitative estimate of drug-likeness (QED) is 0.468. The van der Waals surface area contributed by atoms with Gasteiger partial charge in [-0.1, -0.05) is 0 Å². The number of aromatic nitrogens is 5. The maximum atomic E-state index is 11.5. The summed E-state index contributed by atoms with van der Waals surface area (Å²) in [5, 5.41) is 6.58. The fourth-order valence-corrected chi connectivity index (χ4v) is 1.41. The third-order valence-electron chi connectivity index (χ3n) is 2.39. The molecule has 0 aliphatic rings. The van der Waals surface area contributed by atoms with E-state index in [0.717, 1.165) is 0 Å². The normalized spacial score (nSPS) is 10.2. The molecule has 10 nitrogen and oxygen atoms in total. The second-order valence-corrected chi connectivity index (χ2v) is 4.02. The lowest BCUT2D eigenvalue weighted by molar-refractivity contribution is 0.0957. The molecule has 106 valence electrons. The molecule has 0 spiro atoms. The van der Waals surface area contributed by atoms with Crippen LogP contribution in [0.5, 0.6) is 0 Å². The Morgan fingerprint density at radius 1 is 1.35 bits per heavy atom. The number of nitrogens with two attached hydrogens (primary N) is 1. The Morgan fingerprint density at radius 2 is 2.10 bits per heavy atom. The molecule has 10 heteroatoms. The molecule has 0 radical (unpaired) electrons. The Bertz CT molecular complexity index is 621. The molecule has 0 atom stereocenters. The van der Waals surface area contributed by atoms with E-state index in [2.05, 4.69) is 30.8 Å². The topological polar surface area (TPSA) is 127 Å². The minimum atomic E-state index is -0.289. The Morgan fingerprint density at radius 3 is 2.70 bits per heavy atom. The molecule has 0 unspecified atom stereocenters. The molecule has 4 N–H and O–H groups in total. The van der Waals surface area contributed by atoms with Crippen molar-refractivity contribution in [2.75, 3.05) is 31.5 Å². The van der Waals surface area contributed by atoms with Gasteiger partial charge in [0.05, 0.1) is 0 Å². The van der Waals surface area contributed by atoms with Crippen LogP contribution in [0.15, 0.2) is 12.3 Å². The van der Waals surface area contributed by atoms with Gasteiger partial charge in [0, 0.05) is 27.3 Å². The molecular formula is C10H15N9O. The summed E-state index contributed by atoms with van der Waals surface area (Å²) in [7, 11) is 5.11. The number of nitrogen functional groups attached to an aromatic ring is 1. The van der Waals surface area contributed by atoms with Crippen molar-refractivity contribution >= 4 is 17.8 Å². The highest BCUT2D eigenvalue weighted by atomic mass is 16.1. The van der Waals surface area contributed by atoms with Crippen molar-refractivity contribution in [1.82, 2.24) is 30.0 Å². The number of carbonyl (C=O) groups is 1.